The first-order valence-corrected chi connectivity index (χ1v) is 10.0. The first kappa shape index (κ1) is 22.0. The highest BCUT2D eigenvalue weighted by atomic mass is 35.5. The number of hydrogen-bond donors (Lipinski definition) is 1. The van der Waals surface area contributed by atoms with Gasteiger partial charge in [0.25, 0.3) is 5.56 Å². The van der Waals surface area contributed by atoms with Crippen LogP contribution in [0.4, 0.5) is 0 Å². The Labute approximate surface area is 179 Å². The molecule has 3 rings (SSSR count). The maximum absolute atomic E-state index is 12.4. The third kappa shape index (κ3) is 5.08. The van der Waals surface area contributed by atoms with Crippen molar-refractivity contribution in [1.82, 2.24) is 19.4 Å². The normalized spacial score (nSPS) is 16.0. The standard InChI is InChI=1S/C21H25ClN4O4/c1-24-14-15(20(28)25(2)21(24)29)7-8-19(27)23-13-18(26-9-11-30-12-10-26)16-5-3-4-6-17(16)22/h3-8,14,18H,9-13H2,1-2H3,(H,23,27)/b8-7+. The van der Waals surface area contributed by atoms with E-state index in [1.165, 1.54) is 30.0 Å². The number of carbonyl (C=O) groups is 1. The lowest BCUT2D eigenvalue weighted by molar-refractivity contribution is -0.116. The molecule has 1 aliphatic rings. The molecule has 0 spiro atoms. The number of amides is 1. The van der Waals surface area contributed by atoms with Gasteiger partial charge in [0.05, 0.1) is 24.8 Å². The quantitative estimate of drug-likeness (QED) is 0.687. The van der Waals surface area contributed by atoms with E-state index >= 15 is 0 Å². The van der Waals surface area contributed by atoms with Crippen molar-refractivity contribution in [1.29, 1.82) is 0 Å². The van der Waals surface area contributed by atoms with E-state index in [1.54, 1.807) is 7.05 Å². The van der Waals surface area contributed by atoms with Gasteiger partial charge in [0.15, 0.2) is 0 Å². The van der Waals surface area contributed by atoms with Crippen LogP contribution in [0.1, 0.15) is 17.2 Å². The maximum Gasteiger partial charge on any atom is 0.330 e. The van der Waals surface area contributed by atoms with Crippen molar-refractivity contribution in [2.75, 3.05) is 32.8 Å². The topological polar surface area (TPSA) is 85.6 Å². The van der Waals surface area contributed by atoms with Crippen molar-refractivity contribution < 1.29 is 9.53 Å². The minimum atomic E-state index is -0.454. The predicted octanol–water partition coefficient (Wildman–Crippen LogP) is 0.940. The smallest absolute Gasteiger partial charge is 0.330 e. The van der Waals surface area contributed by atoms with Gasteiger partial charge in [-0.1, -0.05) is 29.8 Å². The highest BCUT2D eigenvalue weighted by Gasteiger charge is 2.24. The van der Waals surface area contributed by atoms with Crippen molar-refractivity contribution >= 4 is 23.6 Å². The average molecular weight is 433 g/mol. The summed E-state index contributed by atoms with van der Waals surface area (Å²) in [5.41, 5.74) is 0.321. The van der Waals surface area contributed by atoms with E-state index < -0.39 is 11.2 Å². The number of rotatable bonds is 6. The molecule has 9 heteroatoms. The Kier molecular flexibility index (Phi) is 7.25. The first-order chi connectivity index (χ1) is 14.4. The lowest BCUT2D eigenvalue weighted by Crippen LogP contribution is -2.43. The van der Waals surface area contributed by atoms with Crippen LogP contribution in [-0.4, -0.2) is 52.8 Å². The van der Waals surface area contributed by atoms with Gasteiger partial charge in [-0.05, 0) is 17.7 Å². The summed E-state index contributed by atoms with van der Waals surface area (Å²) in [6.45, 7) is 3.11. The third-order valence-corrected chi connectivity index (χ3v) is 5.45. The summed E-state index contributed by atoms with van der Waals surface area (Å²) in [6.07, 6.45) is 4.12. The molecule has 1 aromatic carbocycles. The number of aryl methyl sites for hydroxylation is 1. The Morgan fingerprint density at radius 2 is 1.93 bits per heavy atom. The molecule has 2 heterocycles. The second-order valence-electron chi connectivity index (χ2n) is 7.11. The Hall–Kier alpha value is -2.68. The van der Waals surface area contributed by atoms with Gasteiger partial charge in [0.1, 0.15) is 0 Å². The number of ether oxygens (including phenoxy) is 1. The molecule has 1 saturated heterocycles. The summed E-state index contributed by atoms with van der Waals surface area (Å²) in [5, 5.41) is 3.54. The van der Waals surface area contributed by atoms with Crippen LogP contribution in [0.5, 0.6) is 0 Å². The Bertz CT molecular complexity index is 1050. The van der Waals surface area contributed by atoms with Gasteiger partial charge in [-0.3, -0.25) is 19.1 Å². The Morgan fingerprint density at radius 3 is 2.63 bits per heavy atom. The highest BCUT2D eigenvalue weighted by Crippen LogP contribution is 2.27. The molecule has 1 amide bonds. The summed E-state index contributed by atoms with van der Waals surface area (Å²) in [4.78, 5) is 38.6. The monoisotopic (exact) mass is 432 g/mol. The van der Waals surface area contributed by atoms with Gasteiger partial charge in [0, 0.05) is 51.0 Å². The van der Waals surface area contributed by atoms with E-state index in [-0.39, 0.29) is 17.5 Å². The van der Waals surface area contributed by atoms with Crippen LogP contribution in [0, 0.1) is 0 Å². The van der Waals surface area contributed by atoms with Crippen molar-refractivity contribution in [2.45, 2.75) is 6.04 Å². The molecule has 1 aliphatic heterocycles. The SMILES string of the molecule is Cn1cc(/C=C/C(=O)NCC(c2ccccc2Cl)N2CCOCC2)c(=O)n(C)c1=O. The predicted molar refractivity (Wildman–Crippen MR) is 116 cm³/mol. The van der Waals surface area contributed by atoms with Gasteiger partial charge < -0.3 is 14.6 Å². The van der Waals surface area contributed by atoms with E-state index in [2.05, 4.69) is 10.2 Å². The van der Waals surface area contributed by atoms with Crippen LogP contribution in [0.25, 0.3) is 6.08 Å². The highest BCUT2D eigenvalue weighted by molar-refractivity contribution is 6.31. The molecule has 2 aromatic rings. The zero-order valence-corrected chi connectivity index (χ0v) is 17.8. The molecule has 1 atom stereocenters. The minimum absolute atomic E-state index is 0.0923. The number of halogens is 1. The fraction of sp³-hybridized carbons (Fsp3) is 0.381. The molecule has 30 heavy (non-hydrogen) atoms. The van der Waals surface area contributed by atoms with Crippen LogP contribution >= 0.6 is 11.6 Å². The number of nitrogens with one attached hydrogen (secondary N) is 1. The molecule has 0 saturated carbocycles. The molecule has 0 aliphatic carbocycles. The van der Waals surface area contributed by atoms with E-state index in [4.69, 9.17) is 16.3 Å². The lowest BCUT2D eigenvalue weighted by Gasteiger charge is -2.35. The van der Waals surface area contributed by atoms with E-state index in [0.29, 0.717) is 24.8 Å². The number of nitrogens with zero attached hydrogens (tertiary/aromatic N) is 3. The number of carbonyl (C=O) groups excluding carboxylic acids is 1. The second kappa shape index (κ2) is 9.88. The van der Waals surface area contributed by atoms with Gasteiger partial charge in [-0.15, -0.1) is 0 Å². The molecule has 160 valence electrons. The third-order valence-electron chi connectivity index (χ3n) is 5.11. The molecular weight excluding hydrogens is 408 g/mol. The number of hydrogen-bond acceptors (Lipinski definition) is 5. The molecule has 1 fully saturated rings. The fourth-order valence-electron chi connectivity index (χ4n) is 3.44. The minimum Gasteiger partial charge on any atom is -0.379 e. The summed E-state index contributed by atoms with van der Waals surface area (Å²) in [7, 11) is 2.95. The number of benzene rings is 1. The van der Waals surface area contributed by atoms with Crippen LogP contribution in [0.2, 0.25) is 5.02 Å². The average Bonchev–Trinajstić information content (AvgIpc) is 2.76. The van der Waals surface area contributed by atoms with Crippen LogP contribution < -0.4 is 16.6 Å². The molecule has 8 nitrogen and oxygen atoms in total. The zero-order valence-electron chi connectivity index (χ0n) is 17.0. The van der Waals surface area contributed by atoms with Gasteiger partial charge in [0.2, 0.25) is 5.91 Å². The largest absolute Gasteiger partial charge is 0.379 e. The Balaban J connectivity index is 1.73. The van der Waals surface area contributed by atoms with Crippen LogP contribution in [-0.2, 0) is 23.6 Å². The molecular formula is C21H25ClN4O4. The molecule has 1 N–H and O–H groups in total. The summed E-state index contributed by atoms with van der Waals surface area (Å²) >= 11 is 6.41. The first-order valence-electron chi connectivity index (χ1n) is 9.67. The summed E-state index contributed by atoms with van der Waals surface area (Å²) in [6, 6.07) is 7.49. The zero-order chi connectivity index (χ0) is 21.7. The number of aromatic nitrogens is 2. The van der Waals surface area contributed by atoms with Crippen molar-refractivity contribution in [2.24, 2.45) is 14.1 Å². The van der Waals surface area contributed by atoms with Gasteiger partial charge >= 0.3 is 5.69 Å². The maximum atomic E-state index is 12.4. The molecule has 1 aromatic heterocycles. The number of morpholine rings is 1. The van der Waals surface area contributed by atoms with Crippen LogP contribution in [0.15, 0.2) is 46.1 Å². The van der Waals surface area contributed by atoms with E-state index in [0.717, 1.165) is 23.2 Å². The van der Waals surface area contributed by atoms with E-state index in [9.17, 15) is 14.4 Å². The Morgan fingerprint density at radius 1 is 1.23 bits per heavy atom. The van der Waals surface area contributed by atoms with Gasteiger partial charge in [-0.25, -0.2) is 4.79 Å². The lowest BCUT2D eigenvalue weighted by atomic mass is 10.0. The summed E-state index contributed by atoms with van der Waals surface area (Å²) in [5.74, 6) is -0.337. The van der Waals surface area contributed by atoms with Crippen LogP contribution in [0.3, 0.4) is 0 Å². The molecule has 0 bridgehead atoms. The van der Waals surface area contributed by atoms with Gasteiger partial charge in [-0.2, -0.15) is 0 Å². The van der Waals surface area contributed by atoms with Crippen molar-refractivity contribution in [3.05, 3.63) is 73.5 Å². The summed E-state index contributed by atoms with van der Waals surface area (Å²) < 4.78 is 7.74. The fourth-order valence-corrected chi connectivity index (χ4v) is 3.70. The molecule has 1 unspecified atom stereocenters. The van der Waals surface area contributed by atoms with Crippen molar-refractivity contribution in [3.63, 3.8) is 0 Å². The van der Waals surface area contributed by atoms with Crippen molar-refractivity contribution in [3.8, 4) is 0 Å². The molecule has 0 radical (unpaired) electrons. The van der Waals surface area contributed by atoms with E-state index in [1.807, 2.05) is 24.3 Å². The second-order valence-corrected chi connectivity index (χ2v) is 7.51.